The Hall–Kier alpha value is -2.07. The Morgan fingerprint density at radius 3 is 2.52 bits per heavy atom. The van der Waals surface area contributed by atoms with Gasteiger partial charge in [0.25, 0.3) is 5.91 Å². The molecule has 3 rings (SSSR count). The molecule has 154 valence electrons. The summed E-state index contributed by atoms with van der Waals surface area (Å²) in [4.78, 5) is 25.0. The molecule has 5 N–H and O–H groups in total. The van der Waals surface area contributed by atoms with E-state index in [-0.39, 0.29) is 17.3 Å². The quantitative estimate of drug-likeness (QED) is 0.485. The predicted octanol–water partition coefficient (Wildman–Crippen LogP) is 2.17. The van der Waals surface area contributed by atoms with E-state index in [1.807, 2.05) is 31.2 Å². The first-order chi connectivity index (χ1) is 14.0. The number of thioether (sulfide) groups is 1. The number of hydrogen-bond acceptors (Lipinski definition) is 6. The van der Waals surface area contributed by atoms with E-state index in [0.717, 1.165) is 10.0 Å². The molecular weight excluding hydrogens is 456 g/mol. The molecule has 0 spiro atoms. The molecule has 1 heterocycles. The lowest BCUT2D eigenvalue weighted by Crippen LogP contribution is -2.70. The summed E-state index contributed by atoms with van der Waals surface area (Å²) in [5.41, 5.74) is 7.34. The van der Waals surface area contributed by atoms with Crippen molar-refractivity contribution >= 4 is 39.5 Å². The highest BCUT2D eigenvalue weighted by atomic mass is 79.9. The van der Waals surface area contributed by atoms with Crippen LogP contribution in [0.3, 0.4) is 0 Å². The zero-order valence-electron chi connectivity index (χ0n) is 15.9. The number of ether oxygens (including phenoxy) is 1. The van der Waals surface area contributed by atoms with Gasteiger partial charge in [0.05, 0.1) is 12.8 Å². The number of hydrogen-bond donors (Lipinski definition) is 4. The van der Waals surface area contributed by atoms with Crippen molar-refractivity contribution in [3.63, 3.8) is 0 Å². The summed E-state index contributed by atoms with van der Waals surface area (Å²) in [6.45, 7) is 2.44. The van der Waals surface area contributed by atoms with Crippen LogP contribution in [0.5, 0.6) is 5.75 Å². The van der Waals surface area contributed by atoms with Crippen molar-refractivity contribution in [2.75, 3.05) is 6.61 Å². The number of halogens is 1. The van der Waals surface area contributed by atoms with Crippen LogP contribution in [0, 0.1) is 0 Å². The maximum absolute atomic E-state index is 12.5. The van der Waals surface area contributed by atoms with Crippen molar-refractivity contribution in [2.24, 2.45) is 5.73 Å². The third-order valence-electron chi connectivity index (χ3n) is 4.30. The zero-order chi connectivity index (χ0) is 20.8. The molecule has 3 atom stereocenters. The fourth-order valence-corrected chi connectivity index (χ4v) is 4.06. The molecule has 0 saturated carbocycles. The SMILES string of the molecule is CCOc1ccc(C(=O)NC2C(=O)NC(SCc3ccc(Br)cc3)NC2N)cc1. The second-order valence-electron chi connectivity index (χ2n) is 6.43. The minimum atomic E-state index is -0.862. The lowest BCUT2D eigenvalue weighted by atomic mass is 10.1. The number of nitrogens with two attached hydrogens (primary N) is 1. The fourth-order valence-electron chi connectivity index (χ4n) is 2.79. The smallest absolute Gasteiger partial charge is 0.252 e. The molecule has 1 fully saturated rings. The second-order valence-corrected chi connectivity index (χ2v) is 8.44. The van der Waals surface area contributed by atoms with Gasteiger partial charge >= 0.3 is 0 Å². The molecular formula is C20H23BrN4O3S. The van der Waals surface area contributed by atoms with Crippen LogP contribution >= 0.6 is 27.7 Å². The first kappa shape index (κ1) is 21.6. The van der Waals surface area contributed by atoms with Crippen LogP contribution in [0.25, 0.3) is 0 Å². The first-order valence-electron chi connectivity index (χ1n) is 9.18. The molecule has 29 heavy (non-hydrogen) atoms. The van der Waals surface area contributed by atoms with Gasteiger partial charge in [-0.3, -0.25) is 14.9 Å². The van der Waals surface area contributed by atoms with Gasteiger partial charge in [0.15, 0.2) is 0 Å². The highest BCUT2D eigenvalue weighted by molar-refractivity contribution is 9.10. The average molecular weight is 479 g/mol. The summed E-state index contributed by atoms with van der Waals surface area (Å²) in [7, 11) is 0. The summed E-state index contributed by atoms with van der Waals surface area (Å²) in [6.07, 6.45) is -0.696. The van der Waals surface area contributed by atoms with Crippen LogP contribution < -0.4 is 26.4 Å². The van der Waals surface area contributed by atoms with E-state index in [2.05, 4.69) is 31.9 Å². The maximum atomic E-state index is 12.5. The Balaban J connectivity index is 1.53. The van der Waals surface area contributed by atoms with E-state index in [9.17, 15) is 9.59 Å². The van der Waals surface area contributed by atoms with Crippen LogP contribution in [-0.4, -0.2) is 36.1 Å². The summed E-state index contributed by atoms with van der Waals surface area (Å²) >= 11 is 4.93. The fraction of sp³-hybridized carbons (Fsp3) is 0.300. The number of benzene rings is 2. The van der Waals surface area contributed by atoms with Gasteiger partial charge in [-0.1, -0.05) is 28.1 Å². The van der Waals surface area contributed by atoms with Crippen molar-refractivity contribution in [1.82, 2.24) is 16.0 Å². The van der Waals surface area contributed by atoms with Crippen molar-refractivity contribution < 1.29 is 14.3 Å². The third kappa shape index (κ3) is 5.96. The molecule has 7 nitrogen and oxygen atoms in total. The van der Waals surface area contributed by atoms with Crippen LogP contribution in [0.15, 0.2) is 53.0 Å². The number of nitrogens with one attached hydrogen (secondary N) is 3. The molecule has 0 radical (unpaired) electrons. The van der Waals surface area contributed by atoms with Gasteiger partial charge in [-0.25, -0.2) is 0 Å². The van der Waals surface area contributed by atoms with Crippen LogP contribution in [0.2, 0.25) is 0 Å². The Morgan fingerprint density at radius 2 is 1.90 bits per heavy atom. The monoisotopic (exact) mass is 478 g/mol. The Kier molecular flexibility index (Phi) is 7.54. The minimum absolute atomic E-state index is 0.316. The summed E-state index contributed by atoms with van der Waals surface area (Å²) < 4.78 is 6.38. The highest BCUT2D eigenvalue weighted by Gasteiger charge is 2.35. The second kappa shape index (κ2) is 10.1. The lowest BCUT2D eigenvalue weighted by Gasteiger charge is -2.35. The maximum Gasteiger partial charge on any atom is 0.252 e. The van der Waals surface area contributed by atoms with E-state index in [4.69, 9.17) is 10.5 Å². The van der Waals surface area contributed by atoms with Gasteiger partial charge in [-0.15, -0.1) is 11.8 Å². The largest absolute Gasteiger partial charge is 0.494 e. The van der Waals surface area contributed by atoms with E-state index in [1.54, 1.807) is 24.3 Å². The first-order valence-corrected chi connectivity index (χ1v) is 11.0. The molecule has 1 aliphatic heterocycles. The molecule has 1 saturated heterocycles. The zero-order valence-corrected chi connectivity index (χ0v) is 18.3. The van der Waals surface area contributed by atoms with Crippen molar-refractivity contribution in [3.8, 4) is 5.75 Å². The van der Waals surface area contributed by atoms with Gasteiger partial charge in [0.1, 0.15) is 17.3 Å². The topological polar surface area (TPSA) is 105 Å². The molecule has 9 heteroatoms. The van der Waals surface area contributed by atoms with Crippen LogP contribution in [0.4, 0.5) is 0 Å². The van der Waals surface area contributed by atoms with Gasteiger partial charge in [-0.05, 0) is 48.9 Å². The van der Waals surface area contributed by atoms with Gasteiger partial charge in [0, 0.05) is 15.8 Å². The lowest BCUT2D eigenvalue weighted by molar-refractivity contribution is -0.125. The number of carbonyl (C=O) groups excluding carboxylic acids is 2. The third-order valence-corrected chi connectivity index (χ3v) is 5.92. The van der Waals surface area contributed by atoms with Crippen molar-refractivity contribution in [1.29, 1.82) is 0 Å². The molecule has 2 aromatic carbocycles. The molecule has 0 aromatic heterocycles. The number of carbonyl (C=O) groups is 2. The molecule has 0 aliphatic carbocycles. The van der Waals surface area contributed by atoms with Crippen molar-refractivity contribution in [3.05, 3.63) is 64.1 Å². The van der Waals surface area contributed by atoms with Gasteiger partial charge < -0.3 is 21.1 Å². The van der Waals surface area contributed by atoms with Crippen LogP contribution in [0.1, 0.15) is 22.8 Å². The van der Waals surface area contributed by atoms with Gasteiger partial charge in [0.2, 0.25) is 5.91 Å². The van der Waals surface area contributed by atoms with Crippen molar-refractivity contribution in [2.45, 2.75) is 30.4 Å². The Bertz CT molecular complexity index is 848. The minimum Gasteiger partial charge on any atom is -0.494 e. The summed E-state index contributed by atoms with van der Waals surface area (Å²) in [5, 5.41) is 8.67. The Morgan fingerprint density at radius 1 is 1.21 bits per heavy atom. The number of amides is 2. The number of rotatable bonds is 7. The summed E-state index contributed by atoms with van der Waals surface area (Å²) in [6, 6.07) is 13.8. The van der Waals surface area contributed by atoms with Gasteiger partial charge in [-0.2, -0.15) is 0 Å². The standard InChI is InChI=1S/C20H23BrN4O3S/c1-2-28-15-9-5-13(6-10-15)18(26)23-16-17(22)24-20(25-19(16)27)29-11-12-3-7-14(21)8-4-12/h3-10,16-17,20,24H,2,11,22H2,1H3,(H,23,26)(H,25,27). The Labute approximate surface area is 182 Å². The van der Waals surface area contributed by atoms with E-state index < -0.39 is 12.2 Å². The van der Waals surface area contributed by atoms with Crippen LogP contribution in [-0.2, 0) is 10.5 Å². The van der Waals surface area contributed by atoms with E-state index >= 15 is 0 Å². The average Bonchev–Trinajstić information content (AvgIpc) is 2.71. The van der Waals surface area contributed by atoms with E-state index in [1.165, 1.54) is 11.8 Å². The molecule has 2 aromatic rings. The summed E-state index contributed by atoms with van der Waals surface area (Å²) in [5.74, 6) is 0.708. The van der Waals surface area contributed by atoms with E-state index in [0.29, 0.717) is 23.7 Å². The predicted molar refractivity (Wildman–Crippen MR) is 117 cm³/mol. The normalized spacial score (nSPS) is 21.3. The molecule has 2 amide bonds. The molecule has 1 aliphatic rings. The highest BCUT2D eigenvalue weighted by Crippen LogP contribution is 2.19. The molecule has 3 unspecified atom stereocenters. The molecule has 0 bridgehead atoms.